The molecule has 0 saturated heterocycles. The van der Waals surface area contributed by atoms with E-state index in [2.05, 4.69) is 10.1 Å². The zero-order valence-electron chi connectivity index (χ0n) is 10.4. The van der Waals surface area contributed by atoms with Gasteiger partial charge in [-0.15, -0.1) is 9.78 Å². The van der Waals surface area contributed by atoms with Gasteiger partial charge in [0.15, 0.2) is 5.82 Å². The van der Waals surface area contributed by atoms with Gasteiger partial charge in [-0.1, -0.05) is 44.0 Å². The van der Waals surface area contributed by atoms with Gasteiger partial charge in [0.2, 0.25) is 11.8 Å². The van der Waals surface area contributed by atoms with E-state index in [-0.39, 0.29) is 21.8 Å². The molecule has 0 aliphatic rings. The third kappa shape index (κ3) is 2.64. The summed E-state index contributed by atoms with van der Waals surface area (Å²) < 4.78 is 19.2. The average molecular weight is 306 g/mol. The first kappa shape index (κ1) is 14.0. The van der Waals surface area contributed by atoms with Crippen molar-refractivity contribution in [1.82, 2.24) is 14.8 Å². The number of nitrogens with zero attached hydrogens (tertiary/aromatic N) is 3. The van der Waals surface area contributed by atoms with Crippen LogP contribution in [0.4, 0.5) is 4.39 Å². The minimum Gasteiger partial charge on any atom is -0.391 e. The number of halogens is 3. The zero-order valence-corrected chi connectivity index (χ0v) is 11.9. The number of hydrogen-bond donors (Lipinski definition) is 0. The SMILES string of the molecule is CC(C)(C)c1nn(-c2nc(F)c(Cl)cc2Cl)c(=O)o1. The molecule has 0 aliphatic carbocycles. The van der Waals surface area contributed by atoms with Crippen LogP contribution in [0.1, 0.15) is 26.7 Å². The maximum Gasteiger partial charge on any atom is 0.443 e. The molecule has 2 aromatic heterocycles. The van der Waals surface area contributed by atoms with E-state index in [1.807, 2.05) is 20.8 Å². The molecule has 19 heavy (non-hydrogen) atoms. The molecule has 0 bridgehead atoms. The second-order valence-corrected chi connectivity index (χ2v) is 5.72. The fourth-order valence-corrected chi connectivity index (χ4v) is 1.74. The van der Waals surface area contributed by atoms with Crippen LogP contribution in [-0.2, 0) is 5.41 Å². The molecule has 2 rings (SSSR count). The Bertz CT molecular complexity index is 688. The summed E-state index contributed by atoms with van der Waals surface area (Å²) in [4.78, 5) is 15.2. The third-order valence-corrected chi connectivity index (χ3v) is 2.80. The Balaban J connectivity index is 2.64. The largest absolute Gasteiger partial charge is 0.443 e. The van der Waals surface area contributed by atoms with E-state index in [1.165, 1.54) is 0 Å². The molecular formula is C11H10Cl2FN3O2. The predicted octanol–water partition coefficient (Wildman–Crippen LogP) is 2.96. The predicted molar refractivity (Wildman–Crippen MR) is 68.6 cm³/mol. The monoisotopic (exact) mass is 305 g/mol. The minimum absolute atomic E-state index is 0.00209. The Labute approximate surface area is 118 Å². The Morgan fingerprint density at radius 2 is 1.95 bits per heavy atom. The molecule has 102 valence electrons. The second kappa shape index (κ2) is 4.61. The van der Waals surface area contributed by atoms with Crippen LogP contribution < -0.4 is 5.76 Å². The van der Waals surface area contributed by atoms with Gasteiger partial charge in [0, 0.05) is 5.41 Å². The lowest BCUT2D eigenvalue weighted by atomic mass is 9.97. The standard InChI is InChI=1S/C11H10Cl2FN3O2/c1-11(2,3)9-16-17(10(18)19-9)8-6(13)4-5(12)7(14)15-8/h4H,1-3H3. The molecule has 0 spiro atoms. The van der Waals surface area contributed by atoms with Gasteiger partial charge in [-0.3, -0.25) is 0 Å². The highest BCUT2D eigenvalue weighted by atomic mass is 35.5. The van der Waals surface area contributed by atoms with Crippen LogP contribution in [0, 0.1) is 5.95 Å². The van der Waals surface area contributed by atoms with E-state index in [1.54, 1.807) is 0 Å². The normalized spacial score (nSPS) is 11.9. The molecule has 0 unspecified atom stereocenters. The fraction of sp³-hybridized carbons (Fsp3) is 0.364. The lowest BCUT2D eigenvalue weighted by Gasteiger charge is -2.10. The Hall–Kier alpha value is -1.40. The van der Waals surface area contributed by atoms with Gasteiger partial charge in [-0.2, -0.15) is 9.37 Å². The molecule has 2 aromatic rings. The van der Waals surface area contributed by atoms with E-state index in [0.29, 0.717) is 0 Å². The van der Waals surface area contributed by atoms with Crippen molar-refractivity contribution in [3.8, 4) is 5.82 Å². The second-order valence-electron chi connectivity index (χ2n) is 4.90. The first-order valence-corrected chi connectivity index (χ1v) is 6.08. The van der Waals surface area contributed by atoms with Crippen LogP contribution >= 0.6 is 23.2 Å². The van der Waals surface area contributed by atoms with E-state index < -0.39 is 17.1 Å². The molecule has 0 fully saturated rings. The molecule has 0 aromatic carbocycles. The summed E-state index contributed by atoms with van der Waals surface area (Å²) >= 11 is 11.4. The smallest absolute Gasteiger partial charge is 0.391 e. The first-order valence-electron chi connectivity index (χ1n) is 5.32. The van der Waals surface area contributed by atoms with Gasteiger partial charge in [-0.05, 0) is 6.07 Å². The molecule has 0 aliphatic heterocycles. The van der Waals surface area contributed by atoms with Crippen molar-refractivity contribution in [2.45, 2.75) is 26.2 Å². The van der Waals surface area contributed by atoms with Crippen molar-refractivity contribution in [3.05, 3.63) is 38.5 Å². The number of pyridine rings is 1. The van der Waals surface area contributed by atoms with E-state index in [0.717, 1.165) is 10.7 Å². The van der Waals surface area contributed by atoms with Crippen LogP contribution in [0.25, 0.3) is 5.82 Å². The van der Waals surface area contributed by atoms with Gasteiger partial charge >= 0.3 is 5.76 Å². The summed E-state index contributed by atoms with van der Waals surface area (Å²) in [6, 6.07) is 1.15. The Kier molecular flexibility index (Phi) is 3.40. The highest BCUT2D eigenvalue weighted by Gasteiger charge is 2.24. The molecule has 0 atom stereocenters. The highest BCUT2D eigenvalue weighted by molar-refractivity contribution is 6.35. The van der Waals surface area contributed by atoms with Crippen molar-refractivity contribution < 1.29 is 8.81 Å². The number of hydrogen-bond acceptors (Lipinski definition) is 4. The summed E-state index contributed by atoms with van der Waals surface area (Å²) in [5, 5.41) is 3.73. The Morgan fingerprint density at radius 1 is 1.32 bits per heavy atom. The van der Waals surface area contributed by atoms with Crippen molar-refractivity contribution in [1.29, 1.82) is 0 Å². The molecule has 0 amide bonds. The van der Waals surface area contributed by atoms with Crippen LogP contribution in [-0.4, -0.2) is 14.8 Å². The van der Waals surface area contributed by atoms with Crippen LogP contribution in [0.5, 0.6) is 0 Å². The quantitative estimate of drug-likeness (QED) is 0.760. The van der Waals surface area contributed by atoms with Crippen molar-refractivity contribution in [2.24, 2.45) is 0 Å². The summed E-state index contributed by atoms with van der Waals surface area (Å²) in [5.41, 5.74) is -0.470. The van der Waals surface area contributed by atoms with Crippen LogP contribution in [0.3, 0.4) is 0 Å². The maximum atomic E-state index is 13.3. The van der Waals surface area contributed by atoms with Gasteiger partial charge < -0.3 is 4.42 Å². The van der Waals surface area contributed by atoms with Gasteiger partial charge in [0.05, 0.1) is 10.0 Å². The molecule has 0 N–H and O–H groups in total. The van der Waals surface area contributed by atoms with Crippen LogP contribution in [0.15, 0.2) is 15.3 Å². The van der Waals surface area contributed by atoms with E-state index in [9.17, 15) is 9.18 Å². The lowest BCUT2D eigenvalue weighted by molar-refractivity contribution is 0.375. The molecule has 2 heterocycles. The maximum absolute atomic E-state index is 13.3. The van der Waals surface area contributed by atoms with Crippen molar-refractivity contribution in [3.63, 3.8) is 0 Å². The average Bonchev–Trinajstić information content (AvgIpc) is 2.65. The van der Waals surface area contributed by atoms with Gasteiger partial charge in [0.1, 0.15) is 0 Å². The summed E-state index contributed by atoms with van der Waals surface area (Å²) in [7, 11) is 0. The van der Waals surface area contributed by atoms with Crippen LogP contribution in [0.2, 0.25) is 10.0 Å². The Morgan fingerprint density at radius 3 is 2.47 bits per heavy atom. The molecule has 0 saturated carbocycles. The number of rotatable bonds is 1. The molecular weight excluding hydrogens is 296 g/mol. The molecule has 8 heteroatoms. The lowest BCUT2D eigenvalue weighted by Crippen LogP contribution is -2.16. The molecule has 0 radical (unpaired) electrons. The van der Waals surface area contributed by atoms with Gasteiger partial charge in [0.25, 0.3) is 0 Å². The topological polar surface area (TPSA) is 60.9 Å². The highest BCUT2D eigenvalue weighted by Crippen LogP contribution is 2.24. The van der Waals surface area contributed by atoms with Crippen molar-refractivity contribution >= 4 is 23.2 Å². The third-order valence-electron chi connectivity index (χ3n) is 2.26. The van der Waals surface area contributed by atoms with Gasteiger partial charge in [-0.25, -0.2) is 4.79 Å². The zero-order chi connectivity index (χ0) is 14.4. The molecule has 5 nitrogen and oxygen atoms in total. The van der Waals surface area contributed by atoms with E-state index in [4.69, 9.17) is 27.6 Å². The van der Waals surface area contributed by atoms with E-state index >= 15 is 0 Å². The minimum atomic E-state index is -0.937. The number of aromatic nitrogens is 3. The fourth-order valence-electron chi connectivity index (χ4n) is 1.30. The summed E-state index contributed by atoms with van der Waals surface area (Å²) in [6.45, 7) is 5.46. The summed E-state index contributed by atoms with van der Waals surface area (Å²) in [6.07, 6.45) is 0. The first-order chi connectivity index (χ1) is 8.70. The van der Waals surface area contributed by atoms with Crippen molar-refractivity contribution in [2.75, 3.05) is 0 Å². The summed E-state index contributed by atoms with van der Waals surface area (Å²) in [5.74, 6) is -1.69.